The summed E-state index contributed by atoms with van der Waals surface area (Å²) in [6.45, 7) is 1.27. The molecule has 0 aliphatic rings. The van der Waals surface area contributed by atoms with Gasteiger partial charge in [-0.1, -0.05) is 30.3 Å². The molecular weight excluding hydrogens is 167 g/mol. The van der Waals surface area contributed by atoms with E-state index in [-0.39, 0.29) is 12.2 Å². The summed E-state index contributed by atoms with van der Waals surface area (Å²) in [6.07, 6.45) is 1.29. The van der Waals surface area contributed by atoms with Crippen LogP contribution in [-0.4, -0.2) is 5.78 Å². The first-order chi connectivity index (χ1) is 6.18. The minimum atomic E-state index is -0.444. The fourth-order valence-corrected chi connectivity index (χ4v) is 1.07. The summed E-state index contributed by atoms with van der Waals surface area (Å²) in [5.74, 6) is -0.646. The third-order valence-corrected chi connectivity index (χ3v) is 1.58. The fourth-order valence-electron chi connectivity index (χ4n) is 1.07. The van der Waals surface area contributed by atoms with E-state index in [4.69, 9.17) is 0 Å². The van der Waals surface area contributed by atoms with Crippen LogP contribution in [0.15, 0.2) is 42.2 Å². The lowest BCUT2D eigenvalue weighted by molar-refractivity contribution is -0.114. The summed E-state index contributed by atoms with van der Waals surface area (Å²) in [5, 5.41) is 0. The first kappa shape index (κ1) is 9.65. The molecule has 0 fully saturated rings. The lowest BCUT2D eigenvalue weighted by Crippen LogP contribution is -1.98. The zero-order valence-electron chi connectivity index (χ0n) is 7.46. The Hall–Kier alpha value is -1.44. The molecule has 0 spiro atoms. The maximum Gasteiger partial charge on any atom is 0.162 e. The first-order valence-corrected chi connectivity index (χ1v) is 4.09. The lowest BCUT2D eigenvalue weighted by atomic mass is 10.1. The van der Waals surface area contributed by atoms with Gasteiger partial charge in [0.1, 0.15) is 5.83 Å². The van der Waals surface area contributed by atoms with Crippen molar-refractivity contribution in [2.24, 2.45) is 0 Å². The number of rotatable bonds is 3. The van der Waals surface area contributed by atoms with Gasteiger partial charge >= 0.3 is 0 Å². The van der Waals surface area contributed by atoms with Crippen LogP contribution in [0.5, 0.6) is 0 Å². The van der Waals surface area contributed by atoms with Gasteiger partial charge in [-0.05, 0) is 12.5 Å². The minimum Gasteiger partial charge on any atom is -0.294 e. The summed E-state index contributed by atoms with van der Waals surface area (Å²) in [4.78, 5) is 11.1. The lowest BCUT2D eigenvalue weighted by Gasteiger charge is -1.95. The second-order valence-corrected chi connectivity index (χ2v) is 2.86. The molecule has 1 aromatic rings. The number of allylic oxidation sites excluding steroid dienone is 2. The topological polar surface area (TPSA) is 17.1 Å². The van der Waals surface area contributed by atoms with Gasteiger partial charge in [0.15, 0.2) is 5.78 Å². The molecule has 0 amide bonds. The smallest absolute Gasteiger partial charge is 0.162 e. The van der Waals surface area contributed by atoms with Gasteiger partial charge in [-0.2, -0.15) is 0 Å². The highest BCUT2D eigenvalue weighted by Gasteiger charge is 1.99. The SMILES string of the molecule is C/C(F)=C/C(=O)Cc1ccccc1. The Labute approximate surface area is 76.9 Å². The fraction of sp³-hybridized carbons (Fsp3) is 0.182. The Balaban J connectivity index is 2.61. The van der Waals surface area contributed by atoms with Crippen molar-refractivity contribution in [3.05, 3.63) is 47.8 Å². The number of hydrogen-bond donors (Lipinski definition) is 0. The van der Waals surface area contributed by atoms with E-state index in [2.05, 4.69) is 0 Å². The molecule has 0 N–H and O–H groups in total. The predicted molar refractivity (Wildman–Crippen MR) is 50.0 cm³/mol. The van der Waals surface area contributed by atoms with Gasteiger partial charge in [0.25, 0.3) is 0 Å². The zero-order valence-corrected chi connectivity index (χ0v) is 7.46. The van der Waals surface area contributed by atoms with Gasteiger partial charge < -0.3 is 0 Å². The van der Waals surface area contributed by atoms with E-state index >= 15 is 0 Å². The minimum absolute atomic E-state index is 0.203. The van der Waals surface area contributed by atoms with Gasteiger partial charge in [0, 0.05) is 12.5 Å². The summed E-state index contributed by atoms with van der Waals surface area (Å²) < 4.78 is 12.3. The molecule has 0 heterocycles. The van der Waals surface area contributed by atoms with Crippen molar-refractivity contribution in [1.82, 2.24) is 0 Å². The molecular formula is C11H11FO. The first-order valence-electron chi connectivity index (χ1n) is 4.09. The molecule has 13 heavy (non-hydrogen) atoms. The van der Waals surface area contributed by atoms with Crippen LogP contribution in [0.1, 0.15) is 12.5 Å². The number of ketones is 1. The van der Waals surface area contributed by atoms with Crippen LogP contribution in [0.2, 0.25) is 0 Å². The van der Waals surface area contributed by atoms with Crippen molar-refractivity contribution < 1.29 is 9.18 Å². The van der Waals surface area contributed by atoms with Gasteiger partial charge in [0.2, 0.25) is 0 Å². The summed E-state index contributed by atoms with van der Waals surface area (Å²) in [6, 6.07) is 9.28. The van der Waals surface area contributed by atoms with Crippen molar-refractivity contribution >= 4 is 5.78 Å². The van der Waals surface area contributed by atoms with E-state index in [0.717, 1.165) is 11.6 Å². The van der Waals surface area contributed by atoms with E-state index in [1.807, 2.05) is 30.3 Å². The maximum atomic E-state index is 12.3. The molecule has 0 radical (unpaired) electrons. The predicted octanol–water partition coefficient (Wildman–Crippen LogP) is 2.67. The van der Waals surface area contributed by atoms with Gasteiger partial charge in [-0.15, -0.1) is 0 Å². The van der Waals surface area contributed by atoms with E-state index in [1.54, 1.807) is 0 Å². The molecule has 0 unspecified atom stereocenters. The molecule has 0 aliphatic heterocycles. The van der Waals surface area contributed by atoms with Gasteiger partial charge in [-0.25, -0.2) is 4.39 Å². The van der Waals surface area contributed by atoms with Crippen molar-refractivity contribution in [2.75, 3.05) is 0 Å². The van der Waals surface area contributed by atoms with Crippen LogP contribution >= 0.6 is 0 Å². The molecule has 1 rings (SSSR count). The number of benzene rings is 1. The van der Waals surface area contributed by atoms with Crippen LogP contribution in [-0.2, 0) is 11.2 Å². The van der Waals surface area contributed by atoms with Crippen molar-refractivity contribution in [3.8, 4) is 0 Å². The number of hydrogen-bond acceptors (Lipinski definition) is 1. The molecule has 2 heteroatoms. The van der Waals surface area contributed by atoms with Crippen molar-refractivity contribution in [2.45, 2.75) is 13.3 Å². The second kappa shape index (κ2) is 4.55. The van der Waals surface area contributed by atoms with Crippen LogP contribution in [0.4, 0.5) is 4.39 Å². The Morgan fingerprint density at radius 1 is 1.38 bits per heavy atom. The Kier molecular flexibility index (Phi) is 3.38. The molecule has 1 nitrogen and oxygen atoms in total. The number of carbonyl (C=O) groups excluding carboxylic acids is 1. The quantitative estimate of drug-likeness (QED) is 0.650. The van der Waals surface area contributed by atoms with Crippen LogP contribution in [0.25, 0.3) is 0 Å². The third-order valence-electron chi connectivity index (χ3n) is 1.58. The molecule has 0 atom stereocenters. The standard InChI is InChI=1S/C11H11FO/c1-9(12)7-11(13)8-10-5-3-2-4-6-10/h2-7H,8H2,1H3/b9-7-. The highest BCUT2D eigenvalue weighted by molar-refractivity contribution is 5.91. The second-order valence-electron chi connectivity index (χ2n) is 2.86. The normalized spacial score (nSPS) is 11.4. The summed E-state index contributed by atoms with van der Waals surface area (Å²) in [7, 11) is 0. The number of carbonyl (C=O) groups is 1. The summed E-state index contributed by atoms with van der Waals surface area (Å²) >= 11 is 0. The Bertz CT molecular complexity index is 310. The number of halogens is 1. The van der Waals surface area contributed by atoms with Crippen LogP contribution in [0.3, 0.4) is 0 Å². The van der Waals surface area contributed by atoms with Gasteiger partial charge in [0.05, 0.1) is 0 Å². The zero-order chi connectivity index (χ0) is 9.68. The highest BCUT2D eigenvalue weighted by atomic mass is 19.1. The molecule has 0 aromatic heterocycles. The molecule has 0 saturated heterocycles. The monoisotopic (exact) mass is 178 g/mol. The largest absolute Gasteiger partial charge is 0.294 e. The van der Waals surface area contributed by atoms with E-state index < -0.39 is 5.83 Å². The van der Waals surface area contributed by atoms with Crippen LogP contribution in [0, 0.1) is 0 Å². The average Bonchev–Trinajstić information content (AvgIpc) is 2.04. The molecule has 0 aliphatic carbocycles. The third kappa shape index (κ3) is 3.65. The Morgan fingerprint density at radius 2 is 2.00 bits per heavy atom. The molecule has 0 bridgehead atoms. The molecule has 68 valence electrons. The van der Waals surface area contributed by atoms with Crippen molar-refractivity contribution in [3.63, 3.8) is 0 Å². The maximum absolute atomic E-state index is 12.3. The van der Waals surface area contributed by atoms with E-state index in [9.17, 15) is 9.18 Å². The van der Waals surface area contributed by atoms with Crippen LogP contribution < -0.4 is 0 Å². The van der Waals surface area contributed by atoms with E-state index in [1.165, 1.54) is 6.92 Å². The van der Waals surface area contributed by atoms with E-state index in [0.29, 0.717) is 0 Å². The highest BCUT2D eigenvalue weighted by Crippen LogP contribution is 2.02. The molecule has 1 aromatic carbocycles. The average molecular weight is 178 g/mol. The van der Waals surface area contributed by atoms with Crippen molar-refractivity contribution in [1.29, 1.82) is 0 Å². The molecule has 0 saturated carbocycles. The summed E-state index contributed by atoms with van der Waals surface area (Å²) in [5.41, 5.74) is 0.907. The Morgan fingerprint density at radius 3 is 2.54 bits per heavy atom. The van der Waals surface area contributed by atoms with Gasteiger partial charge in [-0.3, -0.25) is 4.79 Å².